The van der Waals surface area contributed by atoms with Crippen LogP contribution in [-0.4, -0.2) is 85.6 Å². The maximum atomic E-state index is 13.5. The second-order valence-electron chi connectivity index (χ2n) is 10.3. The number of nitrogens with zero attached hydrogens (tertiary/aromatic N) is 3. The first kappa shape index (κ1) is 26.6. The maximum absolute atomic E-state index is 13.5. The number of carbonyl (C=O) groups is 2. The van der Waals surface area contributed by atoms with E-state index in [4.69, 9.17) is 9.47 Å². The van der Waals surface area contributed by atoms with Crippen molar-refractivity contribution in [3.05, 3.63) is 78.1 Å². The van der Waals surface area contributed by atoms with Gasteiger partial charge in [-0.3, -0.25) is 19.5 Å². The number of fused-ring (bicyclic) bond motifs is 7. The number of aromatic nitrogens is 1. The summed E-state index contributed by atoms with van der Waals surface area (Å²) in [6, 6.07) is 16.8. The molecule has 0 unspecified atom stereocenters. The second kappa shape index (κ2) is 12.3. The first-order valence-corrected chi connectivity index (χ1v) is 13.3. The average molecular weight is 530 g/mol. The van der Waals surface area contributed by atoms with Crippen LogP contribution in [0.5, 0.6) is 11.5 Å². The number of pyridine rings is 1. The second-order valence-corrected chi connectivity index (χ2v) is 10.3. The normalized spacial score (nSPS) is 20.3. The predicted octanol–water partition coefficient (Wildman–Crippen LogP) is 2.57. The van der Waals surface area contributed by atoms with Crippen LogP contribution in [0.3, 0.4) is 0 Å². The lowest BCUT2D eigenvalue weighted by Gasteiger charge is -2.39. The van der Waals surface area contributed by atoms with E-state index in [2.05, 4.69) is 39.5 Å². The van der Waals surface area contributed by atoms with E-state index in [0.29, 0.717) is 24.4 Å². The summed E-state index contributed by atoms with van der Waals surface area (Å²) in [4.78, 5) is 34.7. The molecule has 2 N–H and O–H groups in total. The van der Waals surface area contributed by atoms with Crippen LogP contribution in [0.1, 0.15) is 22.3 Å². The Morgan fingerprint density at radius 2 is 1.82 bits per heavy atom. The van der Waals surface area contributed by atoms with Crippen molar-refractivity contribution in [1.82, 2.24) is 25.4 Å². The maximum Gasteiger partial charge on any atom is 0.258 e. The monoisotopic (exact) mass is 529 g/mol. The molecule has 1 fully saturated rings. The standard InChI is InChI=1S/C30H35N5O4/c1-34(2)12-13-35-11-10-28-27(19-35)33-30(37)24-14-23(17-31-18-24)22-4-3-5-26(15-22)38-20-29(36)32-16-21-6-8-25(39-28)9-7-21/h3-9,14-15,17-18,27-28H,10-13,16,19-20H2,1-2H3,(H,32,36)(H,33,37)/t27-,28+/m1/s1. The molecule has 1 saturated heterocycles. The molecule has 9 nitrogen and oxygen atoms in total. The highest BCUT2D eigenvalue weighted by Crippen LogP contribution is 2.25. The minimum Gasteiger partial charge on any atom is -0.488 e. The number of carbonyl (C=O) groups excluding carboxylic acids is 2. The number of ether oxygens (including phenoxy) is 2. The van der Waals surface area contributed by atoms with Gasteiger partial charge in [-0.05, 0) is 62.0 Å². The van der Waals surface area contributed by atoms with E-state index in [0.717, 1.165) is 48.5 Å². The van der Waals surface area contributed by atoms with Crippen LogP contribution < -0.4 is 20.1 Å². The van der Waals surface area contributed by atoms with Gasteiger partial charge >= 0.3 is 0 Å². The Kier molecular flexibility index (Phi) is 8.39. The Bertz CT molecular complexity index is 1300. The fourth-order valence-electron chi connectivity index (χ4n) is 4.82. The summed E-state index contributed by atoms with van der Waals surface area (Å²) < 4.78 is 12.1. The third-order valence-corrected chi connectivity index (χ3v) is 7.05. The SMILES string of the molecule is CN(C)CCN1CC[C@@H]2Oc3ccc(cc3)CNC(=O)COc3cccc(c3)-c3cncc(c3)C(=O)N[C@@H]2C1. The highest BCUT2D eigenvalue weighted by Gasteiger charge is 2.32. The highest BCUT2D eigenvalue weighted by atomic mass is 16.5. The molecule has 2 atom stereocenters. The van der Waals surface area contributed by atoms with Gasteiger partial charge in [0.05, 0.1) is 11.6 Å². The minimum absolute atomic E-state index is 0.0972. The van der Waals surface area contributed by atoms with Gasteiger partial charge in [0.2, 0.25) is 0 Å². The molecule has 39 heavy (non-hydrogen) atoms. The molecular weight excluding hydrogens is 494 g/mol. The van der Waals surface area contributed by atoms with Gasteiger partial charge in [-0.25, -0.2) is 0 Å². The molecule has 6 rings (SSSR count). The van der Waals surface area contributed by atoms with Crippen molar-refractivity contribution in [2.24, 2.45) is 0 Å². The zero-order valence-corrected chi connectivity index (χ0v) is 22.4. The van der Waals surface area contributed by atoms with E-state index in [1.807, 2.05) is 48.5 Å². The van der Waals surface area contributed by atoms with Gasteiger partial charge in [-0.2, -0.15) is 0 Å². The van der Waals surface area contributed by atoms with Crippen LogP contribution in [0.2, 0.25) is 0 Å². The van der Waals surface area contributed by atoms with Crippen LogP contribution in [-0.2, 0) is 11.3 Å². The summed E-state index contributed by atoms with van der Waals surface area (Å²) in [6.45, 7) is 3.75. The van der Waals surface area contributed by atoms with Gasteiger partial charge in [0, 0.05) is 50.7 Å². The summed E-state index contributed by atoms with van der Waals surface area (Å²) in [7, 11) is 4.13. The van der Waals surface area contributed by atoms with E-state index in [1.165, 1.54) is 0 Å². The lowest BCUT2D eigenvalue weighted by Crippen LogP contribution is -2.57. The van der Waals surface area contributed by atoms with Crippen molar-refractivity contribution < 1.29 is 19.1 Å². The number of nitrogens with one attached hydrogen (secondary N) is 2. The Morgan fingerprint density at radius 1 is 1.00 bits per heavy atom. The van der Waals surface area contributed by atoms with E-state index in [1.54, 1.807) is 18.5 Å². The van der Waals surface area contributed by atoms with Gasteiger partial charge < -0.3 is 25.0 Å². The molecule has 9 heteroatoms. The van der Waals surface area contributed by atoms with Crippen LogP contribution >= 0.6 is 0 Å². The molecule has 2 amide bonds. The predicted molar refractivity (Wildman–Crippen MR) is 149 cm³/mol. The van der Waals surface area contributed by atoms with Crippen LogP contribution in [0, 0.1) is 0 Å². The molecule has 3 aliphatic heterocycles. The first-order chi connectivity index (χ1) is 18.9. The number of likely N-dealkylation sites (tertiary alicyclic amines) is 1. The third-order valence-electron chi connectivity index (χ3n) is 7.05. The van der Waals surface area contributed by atoms with Gasteiger partial charge in [-0.1, -0.05) is 24.3 Å². The summed E-state index contributed by atoms with van der Waals surface area (Å²) in [5, 5.41) is 6.14. The molecule has 0 radical (unpaired) electrons. The Labute approximate surface area is 229 Å². The minimum atomic E-state index is -0.209. The smallest absolute Gasteiger partial charge is 0.258 e. The zero-order valence-electron chi connectivity index (χ0n) is 22.4. The number of hydrogen-bond acceptors (Lipinski definition) is 7. The van der Waals surface area contributed by atoms with Crippen molar-refractivity contribution in [2.75, 3.05) is 46.9 Å². The van der Waals surface area contributed by atoms with Crippen molar-refractivity contribution in [3.63, 3.8) is 0 Å². The van der Waals surface area contributed by atoms with Gasteiger partial charge in [0.1, 0.15) is 17.6 Å². The molecule has 0 spiro atoms. The van der Waals surface area contributed by atoms with Gasteiger partial charge in [0.25, 0.3) is 11.8 Å². The quantitative estimate of drug-likeness (QED) is 0.539. The van der Waals surface area contributed by atoms with Crippen molar-refractivity contribution in [3.8, 4) is 22.6 Å². The lowest BCUT2D eigenvalue weighted by molar-refractivity contribution is -0.123. The number of piperidine rings is 1. The van der Waals surface area contributed by atoms with Gasteiger partial charge in [0.15, 0.2) is 6.61 Å². The number of amides is 2. The molecular formula is C30H35N5O4. The fourth-order valence-corrected chi connectivity index (χ4v) is 4.82. The van der Waals surface area contributed by atoms with E-state index in [9.17, 15) is 9.59 Å². The zero-order chi connectivity index (χ0) is 27.2. The molecule has 204 valence electrons. The van der Waals surface area contributed by atoms with Crippen molar-refractivity contribution >= 4 is 11.8 Å². The molecule has 0 saturated carbocycles. The molecule has 2 aromatic carbocycles. The number of likely N-dealkylation sites (N-methyl/N-ethyl adjacent to an activating group) is 1. The van der Waals surface area contributed by atoms with Crippen molar-refractivity contribution in [1.29, 1.82) is 0 Å². The van der Waals surface area contributed by atoms with Gasteiger partial charge in [-0.15, -0.1) is 0 Å². The van der Waals surface area contributed by atoms with E-state index >= 15 is 0 Å². The average Bonchev–Trinajstić information content (AvgIpc) is 2.95. The molecule has 3 aromatic rings. The fraction of sp³-hybridized carbons (Fsp3) is 0.367. The number of hydrogen-bond donors (Lipinski definition) is 2. The lowest BCUT2D eigenvalue weighted by atomic mass is 10.0. The topological polar surface area (TPSA) is 96.0 Å². The van der Waals surface area contributed by atoms with E-state index in [-0.39, 0.29) is 30.6 Å². The molecule has 4 heterocycles. The summed E-state index contributed by atoms with van der Waals surface area (Å²) >= 11 is 0. The third kappa shape index (κ3) is 7.13. The Morgan fingerprint density at radius 3 is 2.64 bits per heavy atom. The van der Waals surface area contributed by atoms with Crippen molar-refractivity contribution in [2.45, 2.75) is 25.1 Å². The molecule has 0 aliphatic carbocycles. The van der Waals surface area contributed by atoms with E-state index < -0.39 is 0 Å². The largest absolute Gasteiger partial charge is 0.488 e. The number of rotatable bonds is 3. The molecule has 6 bridgehead atoms. The van der Waals surface area contributed by atoms with Crippen LogP contribution in [0.15, 0.2) is 67.0 Å². The first-order valence-electron chi connectivity index (χ1n) is 13.3. The van der Waals surface area contributed by atoms with Crippen LogP contribution in [0.25, 0.3) is 11.1 Å². The Hall–Kier alpha value is -3.95. The number of benzene rings is 2. The summed E-state index contributed by atoms with van der Waals surface area (Å²) in [5.41, 5.74) is 3.07. The summed E-state index contributed by atoms with van der Waals surface area (Å²) in [6.07, 6.45) is 3.91. The van der Waals surface area contributed by atoms with Crippen LogP contribution in [0.4, 0.5) is 0 Å². The molecule has 1 aromatic heterocycles. The highest BCUT2D eigenvalue weighted by molar-refractivity contribution is 5.95. The Balaban J connectivity index is 1.43. The molecule has 3 aliphatic rings. The summed E-state index contributed by atoms with van der Waals surface area (Å²) in [5.74, 6) is 0.901.